The lowest BCUT2D eigenvalue weighted by Gasteiger charge is -2.02. The summed E-state index contributed by atoms with van der Waals surface area (Å²) in [5, 5.41) is 1.28. The van der Waals surface area contributed by atoms with Gasteiger partial charge in [0.05, 0.1) is 0 Å². The molecule has 2 aromatic rings. The van der Waals surface area contributed by atoms with E-state index in [1.54, 1.807) is 0 Å². The number of halogens is 1. The normalized spacial score (nSPS) is 20.3. The van der Waals surface area contributed by atoms with Crippen LogP contribution in [0.4, 0.5) is 0 Å². The van der Waals surface area contributed by atoms with Gasteiger partial charge in [0.1, 0.15) is 0 Å². The van der Waals surface area contributed by atoms with E-state index in [2.05, 4.69) is 39.1 Å². The molecule has 72 valence electrons. The van der Waals surface area contributed by atoms with E-state index in [0.29, 0.717) is 0 Å². The SMILES string of the molecule is NC1CCc2[nH]c3ccc(Br)cc3c21. The van der Waals surface area contributed by atoms with Crippen molar-refractivity contribution in [2.75, 3.05) is 0 Å². The average Bonchev–Trinajstić information content (AvgIpc) is 2.67. The van der Waals surface area contributed by atoms with Crippen molar-refractivity contribution in [1.82, 2.24) is 4.98 Å². The molecule has 1 aromatic heterocycles. The summed E-state index contributed by atoms with van der Waals surface area (Å²) in [4.78, 5) is 3.43. The number of aromatic nitrogens is 1. The lowest BCUT2D eigenvalue weighted by Crippen LogP contribution is -2.04. The minimum Gasteiger partial charge on any atom is -0.358 e. The highest BCUT2D eigenvalue weighted by molar-refractivity contribution is 9.10. The molecule has 1 aliphatic rings. The van der Waals surface area contributed by atoms with Crippen LogP contribution in [0.25, 0.3) is 10.9 Å². The second-order valence-electron chi connectivity index (χ2n) is 3.85. The minimum absolute atomic E-state index is 0.216. The van der Waals surface area contributed by atoms with Crippen molar-refractivity contribution in [2.24, 2.45) is 5.73 Å². The van der Waals surface area contributed by atoms with Crippen LogP contribution in [-0.4, -0.2) is 4.98 Å². The van der Waals surface area contributed by atoms with Gasteiger partial charge in [-0.05, 0) is 36.6 Å². The Bertz CT molecular complexity index is 501. The van der Waals surface area contributed by atoms with Crippen LogP contribution >= 0.6 is 15.9 Å². The van der Waals surface area contributed by atoms with E-state index < -0.39 is 0 Å². The maximum Gasteiger partial charge on any atom is 0.0460 e. The van der Waals surface area contributed by atoms with Crippen molar-refractivity contribution in [1.29, 1.82) is 0 Å². The number of aromatic amines is 1. The molecule has 0 radical (unpaired) electrons. The summed E-state index contributed by atoms with van der Waals surface area (Å²) in [6.45, 7) is 0. The Kier molecular flexibility index (Phi) is 1.73. The highest BCUT2D eigenvalue weighted by Gasteiger charge is 2.23. The predicted molar refractivity (Wildman–Crippen MR) is 61.2 cm³/mol. The van der Waals surface area contributed by atoms with Crippen molar-refractivity contribution >= 4 is 26.8 Å². The standard InChI is InChI=1S/C11H11BrN2/c12-6-1-3-9-7(5-6)11-8(13)2-4-10(11)14-9/h1,3,5,8,14H,2,4,13H2. The molecule has 1 unspecified atom stereocenters. The minimum atomic E-state index is 0.216. The largest absolute Gasteiger partial charge is 0.358 e. The maximum absolute atomic E-state index is 6.07. The van der Waals surface area contributed by atoms with Gasteiger partial charge in [-0.15, -0.1) is 0 Å². The van der Waals surface area contributed by atoms with Crippen molar-refractivity contribution in [3.8, 4) is 0 Å². The fourth-order valence-electron chi connectivity index (χ4n) is 2.31. The van der Waals surface area contributed by atoms with Gasteiger partial charge in [-0.2, -0.15) is 0 Å². The monoisotopic (exact) mass is 250 g/mol. The van der Waals surface area contributed by atoms with E-state index in [9.17, 15) is 0 Å². The van der Waals surface area contributed by atoms with E-state index in [0.717, 1.165) is 17.3 Å². The van der Waals surface area contributed by atoms with Crippen LogP contribution in [0, 0.1) is 0 Å². The molecule has 2 nitrogen and oxygen atoms in total. The summed E-state index contributed by atoms with van der Waals surface area (Å²) in [6, 6.07) is 6.52. The predicted octanol–water partition coefficient (Wildman–Crippen LogP) is 2.88. The third-order valence-electron chi connectivity index (χ3n) is 2.96. The Morgan fingerprint density at radius 1 is 1.43 bits per heavy atom. The third kappa shape index (κ3) is 1.06. The smallest absolute Gasteiger partial charge is 0.0460 e. The third-order valence-corrected chi connectivity index (χ3v) is 3.45. The van der Waals surface area contributed by atoms with Crippen molar-refractivity contribution in [3.63, 3.8) is 0 Å². The molecule has 1 heterocycles. The second-order valence-corrected chi connectivity index (χ2v) is 4.77. The first-order valence-corrected chi connectivity index (χ1v) is 5.60. The first kappa shape index (κ1) is 8.50. The fraction of sp³-hybridized carbons (Fsp3) is 0.273. The Morgan fingerprint density at radius 2 is 2.29 bits per heavy atom. The Hall–Kier alpha value is -0.800. The molecule has 0 saturated carbocycles. The summed E-state index contributed by atoms with van der Waals surface area (Å²) in [5.41, 5.74) is 9.92. The van der Waals surface area contributed by atoms with Crippen LogP contribution in [0.2, 0.25) is 0 Å². The highest BCUT2D eigenvalue weighted by atomic mass is 79.9. The molecule has 0 bridgehead atoms. The zero-order valence-electron chi connectivity index (χ0n) is 7.68. The van der Waals surface area contributed by atoms with Crippen LogP contribution in [0.1, 0.15) is 23.7 Å². The number of nitrogens with two attached hydrogens (primary N) is 1. The van der Waals surface area contributed by atoms with Gasteiger partial charge in [-0.25, -0.2) is 0 Å². The number of benzene rings is 1. The molecule has 0 aliphatic heterocycles. The Balaban J connectivity index is 2.38. The second kappa shape index (κ2) is 2.84. The van der Waals surface area contributed by atoms with Gasteiger partial charge < -0.3 is 10.7 Å². The van der Waals surface area contributed by atoms with Gasteiger partial charge in [-0.3, -0.25) is 0 Å². The van der Waals surface area contributed by atoms with Crippen LogP contribution < -0.4 is 5.73 Å². The number of aryl methyl sites for hydroxylation is 1. The van der Waals surface area contributed by atoms with Crippen molar-refractivity contribution < 1.29 is 0 Å². The van der Waals surface area contributed by atoms with Crippen LogP contribution in [0.3, 0.4) is 0 Å². The molecule has 14 heavy (non-hydrogen) atoms. The number of hydrogen-bond acceptors (Lipinski definition) is 1. The molecule has 0 saturated heterocycles. The van der Waals surface area contributed by atoms with Gasteiger partial charge in [0.2, 0.25) is 0 Å². The molecule has 1 aliphatic carbocycles. The Morgan fingerprint density at radius 3 is 3.14 bits per heavy atom. The lowest BCUT2D eigenvalue weighted by molar-refractivity contribution is 0.714. The first-order chi connectivity index (χ1) is 6.75. The average molecular weight is 251 g/mol. The van der Waals surface area contributed by atoms with Gasteiger partial charge in [0.15, 0.2) is 0 Å². The molecule has 1 atom stereocenters. The summed E-state index contributed by atoms with van der Waals surface area (Å²) in [7, 11) is 0. The van der Waals surface area contributed by atoms with E-state index >= 15 is 0 Å². The maximum atomic E-state index is 6.07. The summed E-state index contributed by atoms with van der Waals surface area (Å²) >= 11 is 3.49. The quantitative estimate of drug-likeness (QED) is 0.742. The van der Waals surface area contributed by atoms with E-state index in [-0.39, 0.29) is 6.04 Å². The number of rotatable bonds is 0. The number of nitrogens with one attached hydrogen (secondary N) is 1. The van der Waals surface area contributed by atoms with Gasteiger partial charge in [0, 0.05) is 27.1 Å². The van der Waals surface area contributed by atoms with E-state index in [1.807, 2.05) is 0 Å². The van der Waals surface area contributed by atoms with Crippen LogP contribution in [0.5, 0.6) is 0 Å². The molecule has 0 spiro atoms. The van der Waals surface area contributed by atoms with E-state index in [4.69, 9.17) is 5.73 Å². The molecule has 3 rings (SSSR count). The molecule has 0 fully saturated rings. The van der Waals surface area contributed by atoms with Crippen LogP contribution in [0.15, 0.2) is 22.7 Å². The first-order valence-electron chi connectivity index (χ1n) is 4.81. The topological polar surface area (TPSA) is 41.8 Å². The summed E-state index contributed by atoms with van der Waals surface area (Å²) < 4.78 is 1.12. The molecular weight excluding hydrogens is 240 g/mol. The molecule has 3 heteroatoms. The summed E-state index contributed by atoms with van der Waals surface area (Å²) in [5.74, 6) is 0. The van der Waals surface area contributed by atoms with E-state index in [1.165, 1.54) is 22.2 Å². The fourth-order valence-corrected chi connectivity index (χ4v) is 2.67. The zero-order valence-corrected chi connectivity index (χ0v) is 9.26. The van der Waals surface area contributed by atoms with Crippen molar-refractivity contribution in [3.05, 3.63) is 33.9 Å². The molecule has 1 aromatic carbocycles. The Labute approximate surface area is 90.6 Å². The van der Waals surface area contributed by atoms with Gasteiger partial charge in [-0.1, -0.05) is 15.9 Å². The molecule has 0 amide bonds. The van der Waals surface area contributed by atoms with Gasteiger partial charge in [0.25, 0.3) is 0 Å². The molecular formula is C11H11BrN2. The number of H-pyrrole nitrogens is 1. The van der Waals surface area contributed by atoms with Gasteiger partial charge >= 0.3 is 0 Å². The lowest BCUT2D eigenvalue weighted by atomic mass is 10.1. The highest BCUT2D eigenvalue weighted by Crippen LogP contribution is 2.36. The molecule has 3 N–H and O–H groups in total. The van der Waals surface area contributed by atoms with Crippen LogP contribution in [-0.2, 0) is 6.42 Å². The summed E-state index contributed by atoms with van der Waals surface area (Å²) in [6.07, 6.45) is 2.16. The number of fused-ring (bicyclic) bond motifs is 3. The van der Waals surface area contributed by atoms with Crippen molar-refractivity contribution in [2.45, 2.75) is 18.9 Å². The zero-order chi connectivity index (χ0) is 9.71. The number of hydrogen-bond donors (Lipinski definition) is 2.